The molecular formula is C40H45N3O12S4. The van der Waals surface area contributed by atoms with Gasteiger partial charge in [0.15, 0.2) is 17.1 Å². The zero-order valence-corrected chi connectivity index (χ0v) is 36.4. The molecule has 1 N–H and O–H groups in total. The molecule has 0 saturated carbocycles. The summed E-state index contributed by atoms with van der Waals surface area (Å²) in [6, 6.07) is 1.72. The molecule has 0 aromatic heterocycles. The number of unbranched alkanes of at least 4 members (excludes halogenated alkanes) is 2. The Morgan fingerprint density at radius 1 is 0.729 bits per heavy atom. The molecule has 0 aliphatic carbocycles. The Balaban J connectivity index is 1.93. The number of thioether (sulfide) groups is 4. The monoisotopic (exact) mass is 887 g/mol. The number of nitriles is 1. The molecule has 3 heterocycles. The standard InChI is InChI=1S/C40H45N3O12S4/c1-7-13-15-22(9-3)37(50)54-28-30-31(57-39(56-30)24(21-41)36(48)49)29(55-38(51)23(10-4)16-14-8-2)33-32(28)58-40(59-33)27-34(46)42(17-19-52-25(44)11-5)43(35(27)47)18-20-53-26(45)12-6/h11-12,22-23H,5-10,13-20H2,1-4H3,(H,48,49). The van der Waals surface area contributed by atoms with E-state index in [4.69, 9.17) is 18.9 Å². The number of amides is 2. The summed E-state index contributed by atoms with van der Waals surface area (Å²) >= 11 is 3.64. The molecule has 316 valence electrons. The van der Waals surface area contributed by atoms with Gasteiger partial charge >= 0.3 is 29.8 Å². The number of esters is 4. The van der Waals surface area contributed by atoms with Gasteiger partial charge in [0.25, 0.3) is 11.8 Å². The zero-order valence-electron chi connectivity index (χ0n) is 33.1. The Morgan fingerprint density at radius 2 is 1.14 bits per heavy atom. The van der Waals surface area contributed by atoms with Gasteiger partial charge in [-0.25, -0.2) is 24.4 Å². The normalized spacial score (nSPS) is 15.3. The number of nitrogens with zero attached hydrogens (tertiary/aromatic N) is 3. The topological polar surface area (TPSA) is 207 Å². The average molecular weight is 888 g/mol. The molecule has 1 saturated heterocycles. The van der Waals surface area contributed by atoms with Crippen LogP contribution in [-0.2, 0) is 43.0 Å². The minimum Gasteiger partial charge on any atom is -0.477 e. The number of hydrogen-bond acceptors (Lipinski definition) is 16. The van der Waals surface area contributed by atoms with Crippen LogP contribution in [0, 0.1) is 23.2 Å². The van der Waals surface area contributed by atoms with Crippen LogP contribution in [0.15, 0.2) is 64.5 Å². The van der Waals surface area contributed by atoms with E-state index in [9.17, 15) is 43.9 Å². The van der Waals surface area contributed by atoms with Crippen LogP contribution >= 0.6 is 47.0 Å². The second-order valence-corrected chi connectivity index (χ2v) is 17.7. The molecule has 2 unspecified atom stereocenters. The fraction of sp³-hybridized carbons (Fsp3) is 0.450. The third-order valence-corrected chi connectivity index (χ3v) is 14.4. The Morgan fingerprint density at radius 3 is 1.47 bits per heavy atom. The van der Waals surface area contributed by atoms with Crippen molar-refractivity contribution >= 4 is 88.7 Å². The third-order valence-electron chi connectivity index (χ3n) is 9.24. The fourth-order valence-electron chi connectivity index (χ4n) is 5.99. The highest BCUT2D eigenvalue weighted by atomic mass is 32.2. The summed E-state index contributed by atoms with van der Waals surface area (Å²) in [4.78, 5) is 92.8. The number of benzene rings is 1. The molecule has 3 aliphatic rings. The SMILES string of the molecule is C=CC(=O)OCCN1C(=O)C(=C2Sc3c(OC(=O)C(CC)CCCC)c4c(c(OC(=O)C(CC)CCCC)c3S2)SC(=C(C#N)C(=O)O)S4)C(=O)N1CCOC(=O)C=C. The number of hydrogen-bond donors (Lipinski definition) is 1. The van der Waals surface area contributed by atoms with Crippen LogP contribution in [0.4, 0.5) is 0 Å². The van der Waals surface area contributed by atoms with Crippen molar-refractivity contribution in [2.75, 3.05) is 26.3 Å². The van der Waals surface area contributed by atoms with Crippen molar-refractivity contribution in [3.8, 4) is 17.6 Å². The van der Waals surface area contributed by atoms with Crippen LogP contribution in [0.3, 0.4) is 0 Å². The first kappa shape index (κ1) is 47.0. The van der Waals surface area contributed by atoms with Crippen LogP contribution < -0.4 is 9.47 Å². The number of carbonyl (C=O) groups excluding carboxylic acids is 6. The summed E-state index contributed by atoms with van der Waals surface area (Å²) in [7, 11) is 0. The maximum Gasteiger partial charge on any atom is 0.348 e. The predicted octanol–water partition coefficient (Wildman–Crippen LogP) is 7.40. The maximum absolute atomic E-state index is 14.2. The number of carboxylic acids is 1. The minimum atomic E-state index is -1.47. The number of aliphatic carboxylic acids is 1. The molecule has 0 radical (unpaired) electrons. The molecule has 19 heteroatoms. The maximum atomic E-state index is 14.2. The molecule has 15 nitrogen and oxygen atoms in total. The van der Waals surface area contributed by atoms with E-state index in [-0.39, 0.29) is 71.4 Å². The first-order chi connectivity index (χ1) is 28.3. The van der Waals surface area contributed by atoms with E-state index in [1.165, 1.54) is 0 Å². The zero-order chi connectivity index (χ0) is 43.4. The van der Waals surface area contributed by atoms with E-state index in [1.807, 2.05) is 27.7 Å². The second kappa shape index (κ2) is 22.1. The van der Waals surface area contributed by atoms with Gasteiger partial charge in [0.05, 0.1) is 53.0 Å². The highest BCUT2D eigenvalue weighted by Crippen LogP contribution is 2.68. The molecule has 1 fully saturated rings. The van der Waals surface area contributed by atoms with Crippen LogP contribution in [0.1, 0.15) is 79.1 Å². The van der Waals surface area contributed by atoms with Crippen LogP contribution in [-0.4, -0.2) is 83.1 Å². The van der Waals surface area contributed by atoms with E-state index in [2.05, 4.69) is 13.2 Å². The van der Waals surface area contributed by atoms with E-state index < -0.39 is 59.1 Å². The Labute approximate surface area is 359 Å². The summed E-state index contributed by atoms with van der Waals surface area (Å²) in [5.74, 6) is -6.58. The van der Waals surface area contributed by atoms with E-state index in [1.54, 1.807) is 6.07 Å². The summed E-state index contributed by atoms with van der Waals surface area (Å²) in [5.41, 5.74) is -0.851. The van der Waals surface area contributed by atoms with Crippen molar-refractivity contribution in [2.45, 2.75) is 98.6 Å². The van der Waals surface area contributed by atoms with Crippen molar-refractivity contribution in [2.24, 2.45) is 11.8 Å². The van der Waals surface area contributed by atoms with Crippen molar-refractivity contribution in [3.63, 3.8) is 0 Å². The summed E-state index contributed by atoms with van der Waals surface area (Å²) in [6.07, 6.45) is 7.11. The first-order valence-electron chi connectivity index (χ1n) is 19.0. The number of ether oxygens (including phenoxy) is 4. The minimum absolute atomic E-state index is 0.00957. The van der Waals surface area contributed by atoms with Crippen molar-refractivity contribution < 1.29 is 57.6 Å². The smallest absolute Gasteiger partial charge is 0.348 e. The summed E-state index contributed by atoms with van der Waals surface area (Å²) < 4.78 is 22.8. The number of rotatable bonds is 21. The van der Waals surface area contributed by atoms with Gasteiger partial charge < -0.3 is 24.1 Å². The van der Waals surface area contributed by atoms with Gasteiger partial charge in [0.1, 0.15) is 24.9 Å². The highest BCUT2D eigenvalue weighted by Gasteiger charge is 2.47. The molecule has 4 rings (SSSR count). The van der Waals surface area contributed by atoms with Gasteiger partial charge in [-0.3, -0.25) is 19.2 Å². The van der Waals surface area contributed by atoms with Crippen LogP contribution in [0.2, 0.25) is 0 Å². The van der Waals surface area contributed by atoms with Gasteiger partial charge in [0, 0.05) is 12.2 Å². The molecule has 59 heavy (non-hydrogen) atoms. The number of carbonyl (C=O) groups is 7. The Hall–Kier alpha value is -4.64. The van der Waals surface area contributed by atoms with Gasteiger partial charge in [-0.2, -0.15) is 5.26 Å². The van der Waals surface area contributed by atoms with Crippen molar-refractivity contribution in [1.29, 1.82) is 5.26 Å². The number of carboxylic acid groups (broad SMARTS) is 1. The molecular weight excluding hydrogens is 843 g/mol. The third kappa shape index (κ3) is 11.0. The molecule has 2 amide bonds. The van der Waals surface area contributed by atoms with Crippen LogP contribution in [0.25, 0.3) is 0 Å². The van der Waals surface area contributed by atoms with Gasteiger partial charge in [0.2, 0.25) is 0 Å². The molecule has 0 spiro atoms. The highest BCUT2D eigenvalue weighted by molar-refractivity contribution is 8.26. The van der Waals surface area contributed by atoms with E-state index in [0.717, 1.165) is 94.9 Å². The second-order valence-electron chi connectivity index (χ2n) is 13.1. The Bertz CT molecular complexity index is 1910. The quantitative estimate of drug-likeness (QED) is 0.0419. The lowest BCUT2D eigenvalue weighted by atomic mass is 10.00. The average Bonchev–Trinajstić information content (AvgIpc) is 3.91. The van der Waals surface area contributed by atoms with Gasteiger partial charge in [-0.15, -0.1) is 0 Å². The molecule has 1 aromatic carbocycles. The van der Waals surface area contributed by atoms with Crippen molar-refractivity contribution in [1.82, 2.24) is 10.0 Å². The van der Waals surface area contributed by atoms with E-state index >= 15 is 0 Å². The van der Waals surface area contributed by atoms with Crippen molar-refractivity contribution in [3.05, 3.63) is 44.9 Å². The lowest BCUT2D eigenvalue weighted by Crippen LogP contribution is -2.44. The van der Waals surface area contributed by atoms with Gasteiger partial charge in [-0.1, -0.05) is 114 Å². The molecule has 3 aliphatic heterocycles. The predicted molar refractivity (Wildman–Crippen MR) is 221 cm³/mol. The number of hydrazine groups is 1. The van der Waals surface area contributed by atoms with E-state index in [0.29, 0.717) is 25.7 Å². The van der Waals surface area contributed by atoms with Gasteiger partial charge in [-0.05, 0) is 25.7 Å². The summed E-state index contributed by atoms with van der Waals surface area (Å²) in [6.45, 7) is 13.3. The molecule has 1 aromatic rings. The first-order valence-corrected chi connectivity index (χ1v) is 22.3. The number of fused-ring (bicyclic) bond motifs is 2. The summed E-state index contributed by atoms with van der Waals surface area (Å²) in [5, 5.41) is 21.8. The lowest BCUT2D eigenvalue weighted by molar-refractivity contribution is -0.154. The molecule has 2 atom stereocenters. The largest absolute Gasteiger partial charge is 0.477 e. The Kier molecular flexibility index (Phi) is 17.6. The lowest BCUT2D eigenvalue weighted by Gasteiger charge is -2.26. The fourth-order valence-corrected chi connectivity index (χ4v) is 11.4. The molecule has 0 bridgehead atoms. The van der Waals surface area contributed by atoms with Crippen LogP contribution in [0.5, 0.6) is 11.5 Å².